The van der Waals surface area contributed by atoms with E-state index < -0.39 is 0 Å². The summed E-state index contributed by atoms with van der Waals surface area (Å²) in [6, 6.07) is 0.337. The number of hydrogen-bond donors (Lipinski definition) is 2. The molecular weight excluding hydrogens is 164 g/mol. The van der Waals surface area contributed by atoms with Crippen molar-refractivity contribution in [1.82, 2.24) is 10.2 Å². The Morgan fingerprint density at radius 3 is 2.92 bits per heavy atom. The Bertz CT molecular complexity index is 215. The molecule has 0 aromatic heterocycles. The van der Waals surface area contributed by atoms with E-state index >= 15 is 0 Å². The van der Waals surface area contributed by atoms with Crippen molar-refractivity contribution in [2.24, 2.45) is 0 Å². The van der Waals surface area contributed by atoms with Gasteiger partial charge in [0.2, 0.25) is 0 Å². The van der Waals surface area contributed by atoms with E-state index in [9.17, 15) is 5.11 Å². The van der Waals surface area contributed by atoms with Crippen molar-refractivity contribution in [2.75, 3.05) is 26.2 Å². The first-order chi connectivity index (χ1) is 6.27. The van der Waals surface area contributed by atoms with Gasteiger partial charge >= 0.3 is 0 Å². The smallest absolute Gasteiger partial charge is 0.0831 e. The third-order valence-corrected chi connectivity index (χ3v) is 3.09. The summed E-state index contributed by atoms with van der Waals surface area (Å²) >= 11 is 0. The fourth-order valence-electron chi connectivity index (χ4n) is 2.11. The van der Waals surface area contributed by atoms with E-state index in [1.165, 1.54) is 5.57 Å². The fourth-order valence-corrected chi connectivity index (χ4v) is 2.11. The van der Waals surface area contributed by atoms with Gasteiger partial charge in [-0.2, -0.15) is 0 Å². The van der Waals surface area contributed by atoms with Crippen molar-refractivity contribution in [3.63, 3.8) is 0 Å². The molecule has 74 valence electrons. The molecule has 0 aromatic rings. The van der Waals surface area contributed by atoms with E-state index in [4.69, 9.17) is 0 Å². The molecule has 13 heavy (non-hydrogen) atoms. The van der Waals surface area contributed by atoms with Crippen molar-refractivity contribution >= 4 is 0 Å². The molecule has 2 rings (SSSR count). The van der Waals surface area contributed by atoms with Crippen LogP contribution < -0.4 is 5.32 Å². The van der Waals surface area contributed by atoms with Gasteiger partial charge in [-0.25, -0.2) is 0 Å². The van der Waals surface area contributed by atoms with Crippen molar-refractivity contribution in [2.45, 2.75) is 25.5 Å². The number of β-amino-alcohol motifs (C(OH)–C–C–N with tert-alkyl or cyclic N) is 1. The Kier molecular flexibility index (Phi) is 2.67. The molecule has 0 aliphatic carbocycles. The summed E-state index contributed by atoms with van der Waals surface area (Å²) < 4.78 is 0. The highest BCUT2D eigenvalue weighted by Gasteiger charge is 2.30. The third-order valence-electron chi connectivity index (χ3n) is 3.09. The molecule has 0 saturated carbocycles. The lowest BCUT2D eigenvalue weighted by atomic mass is 10.1. The molecule has 0 bridgehead atoms. The highest BCUT2D eigenvalue weighted by Crippen LogP contribution is 2.16. The van der Waals surface area contributed by atoms with Crippen LogP contribution in [0.2, 0.25) is 0 Å². The van der Waals surface area contributed by atoms with Crippen molar-refractivity contribution in [3.05, 3.63) is 11.6 Å². The average molecular weight is 182 g/mol. The number of aliphatic hydroxyl groups excluding tert-OH is 1. The SMILES string of the molecule is CC1=CCN(C2CNCC2O)CC1. The van der Waals surface area contributed by atoms with Gasteiger partial charge in [-0.15, -0.1) is 0 Å². The van der Waals surface area contributed by atoms with E-state index in [1.807, 2.05) is 0 Å². The molecule has 2 atom stereocenters. The van der Waals surface area contributed by atoms with Gasteiger partial charge in [0.05, 0.1) is 6.10 Å². The Hall–Kier alpha value is -0.380. The molecule has 1 saturated heterocycles. The average Bonchev–Trinajstić information content (AvgIpc) is 2.53. The first-order valence-electron chi connectivity index (χ1n) is 5.06. The third kappa shape index (κ3) is 1.93. The van der Waals surface area contributed by atoms with Crippen LogP contribution >= 0.6 is 0 Å². The summed E-state index contributed by atoms with van der Waals surface area (Å²) in [6.45, 7) is 5.99. The molecule has 2 N–H and O–H groups in total. The Labute approximate surface area is 79.4 Å². The Balaban J connectivity index is 1.94. The first-order valence-corrected chi connectivity index (χ1v) is 5.06. The molecular formula is C10H18N2O. The van der Waals surface area contributed by atoms with Gasteiger partial charge in [0, 0.05) is 32.2 Å². The lowest BCUT2D eigenvalue weighted by Gasteiger charge is -2.32. The number of nitrogens with zero attached hydrogens (tertiary/aromatic N) is 1. The summed E-state index contributed by atoms with van der Waals surface area (Å²) in [5.41, 5.74) is 1.48. The van der Waals surface area contributed by atoms with Crippen LogP contribution in [-0.2, 0) is 0 Å². The summed E-state index contributed by atoms with van der Waals surface area (Å²) in [5.74, 6) is 0. The predicted octanol–water partition coefficient (Wildman–Crippen LogP) is -0.0289. The number of nitrogens with one attached hydrogen (secondary N) is 1. The first kappa shape index (κ1) is 9.19. The number of hydrogen-bond acceptors (Lipinski definition) is 3. The van der Waals surface area contributed by atoms with Crippen LogP contribution in [0.15, 0.2) is 11.6 Å². The zero-order valence-electron chi connectivity index (χ0n) is 8.16. The molecule has 0 aromatic carbocycles. The second-order valence-corrected chi connectivity index (χ2v) is 4.09. The summed E-state index contributed by atoms with van der Waals surface area (Å²) in [6.07, 6.45) is 3.25. The van der Waals surface area contributed by atoms with Gasteiger partial charge in [-0.1, -0.05) is 11.6 Å². The van der Waals surface area contributed by atoms with Gasteiger partial charge < -0.3 is 10.4 Å². The van der Waals surface area contributed by atoms with E-state index in [0.717, 1.165) is 32.6 Å². The van der Waals surface area contributed by atoms with Gasteiger partial charge in [-0.3, -0.25) is 4.90 Å². The van der Waals surface area contributed by atoms with Gasteiger partial charge in [-0.05, 0) is 13.3 Å². The Morgan fingerprint density at radius 1 is 1.54 bits per heavy atom. The van der Waals surface area contributed by atoms with Gasteiger partial charge in [0.1, 0.15) is 0 Å². The maximum atomic E-state index is 9.68. The molecule has 1 fully saturated rings. The highest BCUT2D eigenvalue weighted by molar-refractivity contribution is 5.06. The second-order valence-electron chi connectivity index (χ2n) is 4.09. The maximum absolute atomic E-state index is 9.68. The van der Waals surface area contributed by atoms with Crippen LogP contribution in [0.3, 0.4) is 0 Å². The minimum atomic E-state index is -0.174. The van der Waals surface area contributed by atoms with E-state index in [2.05, 4.69) is 23.2 Å². The lowest BCUT2D eigenvalue weighted by molar-refractivity contribution is 0.0883. The van der Waals surface area contributed by atoms with E-state index in [0.29, 0.717) is 6.04 Å². The lowest BCUT2D eigenvalue weighted by Crippen LogP contribution is -2.45. The number of rotatable bonds is 1. The second kappa shape index (κ2) is 3.78. The standard InChI is InChI=1S/C10H18N2O/c1-8-2-4-12(5-3-8)9-6-11-7-10(9)13/h2,9-11,13H,3-7H2,1H3. The molecule has 2 unspecified atom stereocenters. The zero-order chi connectivity index (χ0) is 9.26. The molecule has 3 heteroatoms. The van der Waals surface area contributed by atoms with Crippen LogP contribution in [0.4, 0.5) is 0 Å². The monoisotopic (exact) mass is 182 g/mol. The van der Waals surface area contributed by atoms with Crippen LogP contribution in [0.5, 0.6) is 0 Å². The highest BCUT2D eigenvalue weighted by atomic mass is 16.3. The zero-order valence-corrected chi connectivity index (χ0v) is 8.16. The largest absolute Gasteiger partial charge is 0.390 e. The molecule has 0 spiro atoms. The van der Waals surface area contributed by atoms with Crippen molar-refractivity contribution in [1.29, 1.82) is 0 Å². The number of aliphatic hydroxyl groups is 1. The Morgan fingerprint density at radius 2 is 2.38 bits per heavy atom. The minimum absolute atomic E-state index is 0.174. The molecule has 2 heterocycles. The molecule has 0 radical (unpaired) electrons. The predicted molar refractivity (Wildman–Crippen MR) is 52.6 cm³/mol. The minimum Gasteiger partial charge on any atom is -0.390 e. The van der Waals surface area contributed by atoms with Crippen molar-refractivity contribution < 1.29 is 5.11 Å². The van der Waals surface area contributed by atoms with Crippen LogP contribution in [0.25, 0.3) is 0 Å². The molecule has 2 aliphatic heterocycles. The quantitative estimate of drug-likeness (QED) is 0.559. The molecule has 2 aliphatic rings. The summed E-state index contributed by atoms with van der Waals surface area (Å²) in [4.78, 5) is 2.37. The van der Waals surface area contributed by atoms with Gasteiger partial charge in [0.15, 0.2) is 0 Å². The van der Waals surface area contributed by atoms with Crippen LogP contribution in [0, 0.1) is 0 Å². The summed E-state index contributed by atoms with van der Waals surface area (Å²) in [7, 11) is 0. The molecule has 3 nitrogen and oxygen atoms in total. The van der Waals surface area contributed by atoms with E-state index in [-0.39, 0.29) is 6.10 Å². The van der Waals surface area contributed by atoms with Crippen LogP contribution in [-0.4, -0.2) is 48.3 Å². The molecule has 0 amide bonds. The fraction of sp³-hybridized carbons (Fsp3) is 0.800. The van der Waals surface area contributed by atoms with Gasteiger partial charge in [0.25, 0.3) is 0 Å². The maximum Gasteiger partial charge on any atom is 0.0831 e. The van der Waals surface area contributed by atoms with Crippen LogP contribution in [0.1, 0.15) is 13.3 Å². The topological polar surface area (TPSA) is 35.5 Å². The van der Waals surface area contributed by atoms with Crippen molar-refractivity contribution in [3.8, 4) is 0 Å². The summed E-state index contributed by atoms with van der Waals surface area (Å²) in [5, 5.41) is 12.9. The van der Waals surface area contributed by atoms with E-state index in [1.54, 1.807) is 0 Å². The normalized spacial score (nSPS) is 36.3.